The summed E-state index contributed by atoms with van der Waals surface area (Å²) in [7, 11) is 3.48. The van der Waals surface area contributed by atoms with Crippen LogP contribution >= 0.6 is 23.2 Å². The molecule has 5 rings (SSSR count). The molecule has 0 saturated carbocycles. The van der Waals surface area contributed by atoms with E-state index in [1.54, 1.807) is 43.9 Å². The number of aryl methyl sites for hydroxylation is 2. The number of pyridine rings is 2. The van der Waals surface area contributed by atoms with Gasteiger partial charge in [0.2, 0.25) is 0 Å². The Balaban J connectivity index is 0.000000233. The van der Waals surface area contributed by atoms with Crippen LogP contribution in [0.4, 0.5) is 17.2 Å². The molecule has 0 aliphatic rings. The number of anilines is 3. The second kappa shape index (κ2) is 18.9. The molecule has 4 N–H and O–H groups in total. The first-order chi connectivity index (χ1) is 25.0. The van der Waals surface area contributed by atoms with Crippen molar-refractivity contribution in [3.05, 3.63) is 93.4 Å². The van der Waals surface area contributed by atoms with E-state index in [0.29, 0.717) is 63.3 Å². The molecule has 0 spiro atoms. The van der Waals surface area contributed by atoms with Crippen LogP contribution < -0.4 is 25.4 Å². The molecule has 5 aromatic rings. The standard InChI is InChI=1S/C19H21ClN4O2.C19H23ClN4O2/c1-4-5-9-26-14-8-6-7-13(10-14)22-19(25)15-11-21-18-16(17(15)20)12(2)23-24(18)3;1-4-5-10-26-15-9-7-6-8-14(15)24-19(25)13-11-23-18(22-3)16(12(2)21)17(13)20/h6-8,10-11H,4-5,9H2,1-3H3,(H,22,25);6-9,11,21H,4-5,10H2,1-3H3,(H,22,23)(H,24,25). The largest absolute Gasteiger partial charge is 0.494 e. The average Bonchev–Trinajstić information content (AvgIpc) is 3.42. The van der Waals surface area contributed by atoms with Crippen molar-refractivity contribution in [1.82, 2.24) is 19.7 Å². The van der Waals surface area contributed by atoms with Crippen molar-refractivity contribution in [2.75, 3.05) is 36.2 Å². The molecule has 0 bridgehead atoms. The molecule has 3 aromatic heterocycles. The lowest BCUT2D eigenvalue weighted by Crippen LogP contribution is -2.16. The third kappa shape index (κ3) is 9.77. The van der Waals surface area contributed by atoms with Gasteiger partial charge in [-0.05, 0) is 51.0 Å². The zero-order valence-corrected chi connectivity index (χ0v) is 31.7. The van der Waals surface area contributed by atoms with E-state index in [9.17, 15) is 9.59 Å². The molecule has 2 amide bonds. The number of halogens is 2. The molecule has 3 heterocycles. The first-order valence-corrected chi connectivity index (χ1v) is 17.7. The topological polar surface area (TPSA) is 156 Å². The zero-order valence-electron chi connectivity index (χ0n) is 30.2. The molecule has 0 atom stereocenters. The monoisotopic (exact) mass is 746 g/mol. The van der Waals surface area contributed by atoms with E-state index in [-0.39, 0.29) is 22.2 Å². The number of fused-ring (bicyclic) bond motifs is 1. The molecule has 12 nitrogen and oxygen atoms in total. The smallest absolute Gasteiger partial charge is 0.258 e. The molecule has 274 valence electrons. The molecule has 0 unspecified atom stereocenters. The molecule has 14 heteroatoms. The summed E-state index contributed by atoms with van der Waals surface area (Å²) in [5.41, 5.74) is 3.75. The average molecular weight is 748 g/mol. The first kappa shape index (κ1) is 39.6. The molecular weight excluding hydrogens is 703 g/mol. The highest BCUT2D eigenvalue weighted by Gasteiger charge is 2.21. The fourth-order valence-electron chi connectivity index (χ4n) is 5.11. The number of unbranched alkanes of at least 4 members (excludes halogenated alkanes) is 2. The number of ether oxygens (including phenoxy) is 2. The van der Waals surface area contributed by atoms with E-state index >= 15 is 0 Å². The summed E-state index contributed by atoms with van der Waals surface area (Å²) >= 11 is 12.8. The third-order valence-corrected chi connectivity index (χ3v) is 8.61. The molecular formula is C38H44Cl2N8O4. The quantitative estimate of drug-likeness (QED) is 0.0648. The van der Waals surface area contributed by atoms with Crippen molar-refractivity contribution in [3.8, 4) is 11.5 Å². The molecule has 0 saturated heterocycles. The van der Waals surface area contributed by atoms with Gasteiger partial charge in [0, 0.05) is 44.0 Å². The highest BCUT2D eigenvalue weighted by molar-refractivity contribution is 6.39. The predicted molar refractivity (Wildman–Crippen MR) is 209 cm³/mol. The van der Waals surface area contributed by atoms with E-state index in [2.05, 4.69) is 44.9 Å². The number of benzene rings is 2. The second-order valence-electron chi connectivity index (χ2n) is 11.8. The normalized spacial score (nSPS) is 10.6. The number of hydrogen-bond acceptors (Lipinski definition) is 9. The van der Waals surface area contributed by atoms with Gasteiger partial charge in [-0.25, -0.2) is 9.97 Å². The SMILES string of the molecule is CCCCOc1cccc(NC(=O)c2cnc3c(c(C)nn3C)c2Cl)c1.CCCCOc1ccccc1NC(=O)c1cnc(NC)c(C(C)=N)c1Cl. The summed E-state index contributed by atoms with van der Waals surface area (Å²) in [4.78, 5) is 33.9. The van der Waals surface area contributed by atoms with Gasteiger partial charge in [-0.1, -0.05) is 68.1 Å². The third-order valence-electron chi connectivity index (χ3n) is 7.83. The van der Waals surface area contributed by atoms with E-state index in [1.165, 1.54) is 12.4 Å². The Morgan fingerprint density at radius 1 is 0.885 bits per heavy atom. The molecule has 0 radical (unpaired) electrons. The van der Waals surface area contributed by atoms with Crippen LogP contribution in [0.15, 0.2) is 60.9 Å². The predicted octanol–water partition coefficient (Wildman–Crippen LogP) is 8.96. The summed E-state index contributed by atoms with van der Waals surface area (Å²) in [5, 5.41) is 22.0. The molecule has 0 fully saturated rings. The van der Waals surface area contributed by atoms with Gasteiger partial charge in [-0.2, -0.15) is 5.10 Å². The maximum absolute atomic E-state index is 12.7. The molecule has 0 aliphatic heterocycles. The Kier molecular flexibility index (Phi) is 14.4. The van der Waals surface area contributed by atoms with Gasteiger partial charge in [0.25, 0.3) is 11.8 Å². The highest BCUT2D eigenvalue weighted by atomic mass is 35.5. The van der Waals surface area contributed by atoms with Crippen molar-refractivity contribution >= 4 is 69.0 Å². The Hall–Kier alpha value is -5.20. The van der Waals surface area contributed by atoms with Crippen LogP contribution in [-0.2, 0) is 7.05 Å². The first-order valence-electron chi connectivity index (χ1n) is 17.0. The van der Waals surface area contributed by atoms with Crippen molar-refractivity contribution < 1.29 is 19.1 Å². The minimum atomic E-state index is -0.404. The second-order valence-corrected chi connectivity index (χ2v) is 12.6. The van der Waals surface area contributed by atoms with E-state index in [0.717, 1.165) is 37.1 Å². The number of carbonyl (C=O) groups excluding carboxylic acids is 2. The van der Waals surface area contributed by atoms with Crippen molar-refractivity contribution in [3.63, 3.8) is 0 Å². The lowest BCUT2D eigenvalue weighted by Gasteiger charge is -2.15. The van der Waals surface area contributed by atoms with Gasteiger partial charge in [0.1, 0.15) is 17.3 Å². The lowest BCUT2D eigenvalue weighted by atomic mass is 10.1. The van der Waals surface area contributed by atoms with Gasteiger partial charge in [0.15, 0.2) is 5.65 Å². The molecule has 52 heavy (non-hydrogen) atoms. The Bertz CT molecular complexity index is 2050. The van der Waals surface area contributed by atoms with E-state index in [4.69, 9.17) is 38.1 Å². The number of nitrogens with zero attached hydrogens (tertiary/aromatic N) is 4. The van der Waals surface area contributed by atoms with Crippen LogP contribution in [-0.4, -0.2) is 57.5 Å². The molecule has 2 aromatic carbocycles. The maximum Gasteiger partial charge on any atom is 0.258 e. The number of para-hydroxylation sites is 2. The number of nitrogens with one attached hydrogen (secondary N) is 4. The Morgan fingerprint density at radius 3 is 2.23 bits per heavy atom. The lowest BCUT2D eigenvalue weighted by molar-refractivity contribution is 0.101. The van der Waals surface area contributed by atoms with Gasteiger partial charge in [-0.15, -0.1) is 0 Å². The van der Waals surface area contributed by atoms with Crippen LogP contribution in [0, 0.1) is 12.3 Å². The van der Waals surface area contributed by atoms with Gasteiger partial charge >= 0.3 is 0 Å². The van der Waals surface area contributed by atoms with Gasteiger partial charge in [0.05, 0.1) is 56.7 Å². The summed E-state index contributed by atoms with van der Waals surface area (Å²) in [5.74, 6) is 1.06. The van der Waals surface area contributed by atoms with Crippen LogP contribution in [0.2, 0.25) is 10.0 Å². The van der Waals surface area contributed by atoms with Crippen LogP contribution in [0.1, 0.15) is 78.4 Å². The van der Waals surface area contributed by atoms with Gasteiger partial charge < -0.3 is 30.8 Å². The van der Waals surface area contributed by atoms with Crippen LogP contribution in [0.3, 0.4) is 0 Å². The fourth-order valence-corrected chi connectivity index (χ4v) is 5.84. The number of amides is 2. The number of rotatable bonds is 14. The van der Waals surface area contributed by atoms with Crippen molar-refractivity contribution in [2.45, 2.75) is 53.4 Å². The number of hydrogen-bond donors (Lipinski definition) is 4. The number of aromatic nitrogens is 4. The summed E-state index contributed by atoms with van der Waals surface area (Å²) in [6.07, 6.45) is 6.89. The number of carbonyl (C=O) groups is 2. The minimum Gasteiger partial charge on any atom is -0.494 e. The Labute approximate surface area is 313 Å². The maximum atomic E-state index is 12.7. The van der Waals surface area contributed by atoms with E-state index < -0.39 is 5.91 Å². The fraction of sp³-hybridized carbons (Fsp3) is 0.316. The minimum absolute atomic E-state index is 0.193. The van der Waals surface area contributed by atoms with Crippen molar-refractivity contribution in [1.29, 1.82) is 5.41 Å². The van der Waals surface area contributed by atoms with Gasteiger partial charge in [-0.3, -0.25) is 14.3 Å². The highest BCUT2D eigenvalue weighted by Crippen LogP contribution is 2.31. The Morgan fingerprint density at radius 2 is 1.54 bits per heavy atom. The molecule has 0 aliphatic carbocycles. The van der Waals surface area contributed by atoms with Crippen molar-refractivity contribution in [2.24, 2.45) is 7.05 Å². The van der Waals surface area contributed by atoms with E-state index in [1.807, 2.05) is 37.3 Å². The van der Waals surface area contributed by atoms with Crippen LogP contribution in [0.25, 0.3) is 11.0 Å². The summed E-state index contributed by atoms with van der Waals surface area (Å²) < 4.78 is 13.1. The summed E-state index contributed by atoms with van der Waals surface area (Å²) in [6.45, 7) is 8.87. The van der Waals surface area contributed by atoms with Crippen LogP contribution in [0.5, 0.6) is 11.5 Å². The zero-order chi connectivity index (χ0) is 37.8. The summed E-state index contributed by atoms with van der Waals surface area (Å²) in [6, 6.07) is 14.6.